The lowest BCUT2D eigenvalue weighted by Crippen LogP contribution is -2.17. The van der Waals surface area contributed by atoms with Crippen LogP contribution in [0.3, 0.4) is 0 Å². The van der Waals surface area contributed by atoms with Gasteiger partial charge in [0.1, 0.15) is 4.83 Å². The zero-order chi connectivity index (χ0) is 6.78. The minimum Gasteiger partial charge on any atom is -0.197 e. The number of nitriles is 1. The molecular weight excluding hydrogens is 166 g/mol. The van der Waals surface area contributed by atoms with E-state index in [2.05, 4.69) is 22.0 Å². The highest BCUT2D eigenvalue weighted by atomic mass is 79.9. The predicted octanol–water partition coefficient (Wildman–Crippen LogP) is 2.32. The topological polar surface area (TPSA) is 23.8 Å². The molecule has 0 rings (SSSR count). The summed E-state index contributed by atoms with van der Waals surface area (Å²) in [4.78, 5) is -0.0324. The fraction of sp³-hybridized carbons (Fsp3) is 0.833. The van der Waals surface area contributed by atoms with Crippen molar-refractivity contribution in [3.63, 3.8) is 0 Å². The van der Waals surface area contributed by atoms with Crippen molar-refractivity contribution in [3.8, 4) is 6.07 Å². The van der Waals surface area contributed by atoms with Gasteiger partial charge in [0, 0.05) is 0 Å². The van der Waals surface area contributed by atoms with Crippen molar-refractivity contribution >= 4 is 15.9 Å². The van der Waals surface area contributed by atoms with Gasteiger partial charge in [0.2, 0.25) is 0 Å². The molecule has 1 nitrogen and oxygen atoms in total. The van der Waals surface area contributed by atoms with Gasteiger partial charge < -0.3 is 0 Å². The third kappa shape index (κ3) is 2.32. The zero-order valence-electron chi connectivity index (χ0n) is 5.40. The number of nitrogens with zero attached hydrogens (tertiary/aromatic N) is 1. The van der Waals surface area contributed by atoms with Gasteiger partial charge in [-0.25, -0.2) is 0 Å². The Bertz CT molecular complexity index is 107. The summed E-state index contributed by atoms with van der Waals surface area (Å²) in [6, 6.07) is 2.12. The summed E-state index contributed by atoms with van der Waals surface area (Å²) >= 11 is 3.24. The van der Waals surface area contributed by atoms with Crippen LogP contribution in [-0.4, -0.2) is 4.83 Å². The molecule has 0 bridgehead atoms. The van der Waals surface area contributed by atoms with Crippen molar-refractivity contribution in [3.05, 3.63) is 0 Å². The molecule has 2 heteroatoms. The molecule has 0 N–H and O–H groups in total. The van der Waals surface area contributed by atoms with E-state index in [-0.39, 0.29) is 10.2 Å². The molecule has 0 saturated carbocycles. The number of hydrogen-bond acceptors (Lipinski definition) is 1. The molecule has 0 aromatic heterocycles. The molecule has 0 aliphatic heterocycles. The van der Waals surface area contributed by atoms with Crippen LogP contribution in [0.1, 0.15) is 20.8 Å². The van der Waals surface area contributed by atoms with Gasteiger partial charge >= 0.3 is 0 Å². The maximum atomic E-state index is 8.37. The molecule has 1 unspecified atom stereocenters. The first-order chi connectivity index (χ1) is 3.48. The van der Waals surface area contributed by atoms with Gasteiger partial charge in [0.05, 0.1) is 6.07 Å². The Kier molecular flexibility index (Phi) is 2.49. The molecule has 0 amide bonds. The molecule has 0 aliphatic rings. The maximum absolute atomic E-state index is 8.37. The highest BCUT2D eigenvalue weighted by Gasteiger charge is 2.20. The molecule has 46 valence electrons. The largest absolute Gasteiger partial charge is 0.197 e. The van der Waals surface area contributed by atoms with Crippen LogP contribution in [0.25, 0.3) is 0 Å². The highest BCUT2D eigenvalue weighted by molar-refractivity contribution is 9.09. The Morgan fingerprint density at radius 3 is 1.88 bits per heavy atom. The predicted molar refractivity (Wildman–Crippen MR) is 37.8 cm³/mol. The van der Waals surface area contributed by atoms with Crippen molar-refractivity contribution in [2.45, 2.75) is 25.6 Å². The van der Waals surface area contributed by atoms with Gasteiger partial charge in [-0.1, -0.05) is 36.7 Å². The van der Waals surface area contributed by atoms with Crippen LogP contribution < -0.4 is 0 Å². The fourth-order valence-electron chi connectivity index (χ4n) is 0.194. The number of halogens is 1. The number of alkyl halides is 1. The SMILES string of the molecule is CC(C)(C)C(Br)C#N. The van der Waals surface area contributed by atoms with Gasteiger partial charge in [-0.05, 0) is 5.41 Å². The summed E-state index contributed by atoms with van der Waals surface area (Å²) in [6.07, 6.45) is 0. The van der Waals surface area contributed by atoms with Gasteiger partial charge in [-0.3, -0.25) is 0 Å². The van der Waals surface area contributed by atoms with E-state index in [0.29, 0.717) is 0 Å². The van der Waals surface area contributed by atoms with Crippen LogP contribution in [0, 0.1) is 16.7 Å². The molecule has 0 fully saturated rings. The van der Waals surface area contributed by atoms with Gasteiger partial charge in [-0.15, -0.1) is 0 Å². The van der Waals surface area contributed by atoms with E-state index in [0.717, 1.165) is 0 Å². The van der Waals surface area contributed by atoms with Crippen molar-refractivity contribution in [2.75, 3.05) is 0 Å². The van der Waals surface area contributed by atoms with Gasteiger partial charge in [-0.2, -0.15) is 5.26 Å². The number of rotatable bonds is 0. The van der Waals surface area contributed by atoms with Crippen LogP contribution >= 0.6 is 15.9 Å². The van der Waals surface area contributed by atoms with Crippen LogP contribution in [0.5, 0.6) is 0 Å². The summed E-state index contributed by atoms with van der Waals surface area (Å²) in [5.74, 6) is 0. The average molecular weight is 176 g/mol. The van der Waals surface area contributed by atoms with Crippen molar-refractivity contribution in [1.82, 2.24) is 0 Å². The van der Waals surface area contributed by atoms with Crippen LogP contribution in [0.4, 0.5) is 0 Å². The highest BCUT2D eigenvalue weighted by Crippen LogP contribution is 2.24. The third-order valence-corrected chi connectivity index (χ3v) is 2.45. The maximum Gasteiger partial charge on any atom is 0.106 e. The second kappa shape index (κ2) is 2.50. The molecule has 0 spiro atoms. The van der Waals surface area contributed by atoms with E-state index in [1.807, 2.05) is 20.8 Å². The first-order valence-corrected chi connectivity index (χ1v) is 3.43. The zero-order valence-corrected chi connectivity index (χ0v) is 6.99. The van der Waals surface area contributed by atoms with E-state index in [1.54, 1.807) is 0 Å². The Morgan fingerprint density at radius 2 is 1.88 bits per heavy atom. The molecule has 0 heterocycles. The summed E-state index contributed by atoms with van der Waals surface area (Å²) in [5, 5.41) is 8.37. The van der Waals surface area contributed by atoms with E-state index < -0.39 is 0 Å². The molecule has 0 radical (unpaired) electrons. The summed E-state index contributed by atoms with van der Waals surface area (Å²) in [5.41, 5.74) is 0.0642. The molecule has 0 aliphatic carbocycles. The Labute approximate surface area is 58.8 Å². The molecule has 8 heavy (non-hydrogen) atoms. The van der Waals surface area contributed by atoms with E-state index in [9.17, 15) is 0 Å². The Hall–Kier alpha value is -0.0300. The second-order valence-corrected chi connectivity index (χ2v) is 3.77. The Balaban J connectivity index is 3.87. The summed E-state index contributed by atoms with van der Waals surface area (Å²) < 4.78 is 0. The lowest BCUT2D eigenvalue weighted by atomic mass is 9.93. The Morgan fingerprint density at radius 1 is 1.50 bits per heavy atom. The van der Waals surface area contributed by atoms with E-state index in [1.165, 1.54) is 0 Å². The minimum absolute atomic E-state index is 0.0324. The number of hydrogen-bond donors (Lipinski definition) is 0. The molecule has 1 atom stereocenters. The molecule has 0 saturated heterocycles. The van der Waals surface area contributed by atoms with E-state index >= 15 is 0 Å². The van der Waals surface area contributed by atoms with Crippen molar-refractivity contribution < 1.29 is 0 Å². The average Bonchev–Trinajstić information content (AvgIpc) is 1.62. The quantitative estimate of drug-likeness (QED) is 0.519. The first kappa shape index (κ1) is 7.97. The van der Waals surface area contributed by atoms with E-state index in [4.69, 9.17) is 5.26 Å². The first-order valence-electron chi connectivity index (χ1n) is 2.52. The fourth-order valence-corrected chi connectivity index (χ4v) is 0.194. The lowest BCUT2D eigenvalue weighted by Gasteiger charge is -2.18. The molecular formula is C6H10BrN. The van der Waals surface area contributed by atoms with Gasteiger partial charge in [0.15, 0.2) is 0 Å². The minimum atomic E-state index is -0.0324. The van der Waals surface area contributed by atoms with Crippen LogP contribution in [0.15, 0.2) is 0 Å². The van der Waals surface area contributed by atoms with Crippen molar-refractivity contribution in [2.24, 2.45) is 5.41 Å². The van der Waals surface area contributed by atoms with Crippen molar-refractivity contribution in [1.29, 1.82) is 5.26 Å². The lowest BCUT2D eigenvalue weighted by molar-refractivity contribution is 0.442. The standard InChI is InChI=1S/C6H10BrN/c1-6(2,3)5(7)4-8/h5H,1-3H3. The van der Waals surface area contributed by atoms with Crippen LogP contribution in [0.2, 0.25) is 0 Å². The summed E-state index contributed by atoms with van der Waals surface area (Å²) in [7, 11) is 0. The van der Waals surface area contributed by atoms with Gasteiger partial charge in [0.25, 0.3) is 0 Å². The molecule has 0 aromatic rings. The van der Waals surface area contributed by atoms with Crippen LogP contribution in [-0.2, 0) is 0 Å². The summed E-state index contributed by atoms with van der Waals surface area (Å²) in [6.45, 7) is 6.07. The third-order valence-electron chi connectivity index (χ3n) is 0.874. The monoisotopic (exact) mass is 175 g/mol. The smallest absolute Gasteiger partial charge is 0.106 e. The second-order valence-electron chi connectivity index (χ2n) is 2.86. The normalized spacial score (nSPS) is 14.9. The molecule has 0 aromatic carbocycles.